The van der Waals surface area contributed by atoms with Crippen LogP contribution in [0.3, 0.4) is 0 Å². The van der Waals surface area contributed by atoms with Crippen molar-refractivity contribution in [1.29, 1.82) is 0 Å². The van der Waals surface area contributed by atoms with E-state index in [-0.39, 0.29) is 5.56 Å². The molecule has 66 valence electrons. The first-order valence-electron chi connectivity index (χ1n) is 3.45. The molecule has 0 aliphatic heterocycles. The van der Waals surface area contributed by atoms with Gasteiger partial charge in [0.25, 0.3) is 0 Å². The second-order valence-corrected chi connectivity index (χ2v) is 3.36. The maximum Gasteiger partial charge on any atom is 0.335 e. The van der Waals surface area contributed by atoms with E-state index in [1.54, 1.807) is 0 Å². The van der Waals surface area contributed by atoms with Crippen LogP contribution in [0, 0.1) is 0 Å². The average molecular weight is 242 g/mol. The number of benzene rings is 1. The fourth-order valence-electron chi connectivity index (χ4n) is 1.07. The molecule has 0 amide bonds. The summed E-state index contributed by atoms with van der Waals surface area (Å²) >= 11 is 3.20. The number of hydrogen-bond donors (Lipinski definition) is 1. The zero-order chi connectivity index (χ0) is 9.42. The van der Waals surface area contributed by atoms with Crippen LogP contribution >= 0.6 is 15.9 Å². The predicted molar refractivity (Wildman–Crippen MR) is 48.7 cm³/mol. The van der Waals surface area contributed by atoms with Crippen molar-refractivity contribution in [1.82, 2.24) is 5.16 Å². The molecule has 5 heteroatoms. The molecule has 0 atom stereocenters. The summed E-state index contributed by atoms with van der Waals surface area (Å²) in [7, 11) is 0. The second kappa shape index (κ2) is 2.85. The van der Waals surface area contributed by atoms with E-state index in [2.05, 4.69) is 21.1 Å². The zero-order valence-corrected chi connectivity index (χ0v) is 7.91. The molecule has 0 unspecified atom stereocenters. The Kier molecular flexibility index (Phi) is 1.81. The summed E-state index contributed by atoms with van der Waals surface area (Å²) in [5.74, 6) is -0.969. The number of rotatable bonds is 1. The van der Waals surface area contributed by atoms with Gasteiger partial charge in [0, 0.05) is 5.39 Å². The molecule has 0 aliphatic carbocycles. The van der Waals surface area contributed by atoms with Crippen LogP contribution < -0.4 is 0 Å². The maximum absolute atomic E-state index is 10.6. The lowest BCUT2D eigenvalue weighted by atomic mass is 10.2. The first kappa shape index (κ1) is 8.25. The van der Waals surface area contributed by atoms with Crippen LogP contribution in [0.5, 0.6) is 0 Å². The third-order valence-corrected chi connectivity index (χ3v) is 2.24. The third-order valence-electron chi connectivity index (χ3n) is 1.66. The Balaban J connectivity index is 2.77. The quantitative estimate of drug-likeness (QED) is 0.833. The predicted octanol–water partition coefficient (Wildman–Crippen LogP) is 2.29. The number of carbonyl (C=O) groups is 1. The smallest absolute Gasteiger partial charge is 0.335 e. The fraction of sp³-hybridized carbons (Fsp3) is 0. The van der Waals surface area contributed by atoms with E-state index in [0.717, 1.165) is 0 Å². The van der Waals surface area contributed by atoms with Gasteiger partial charge in [-0.3, -0.25) is 0 Å². The number of nitrogens with zero attached hydrogens (tertiary/aromatic N) is 1. The van der Waals surface area contributed by atoms with Crippen LogP contribution in [0.1, 0.15) is 10.4 Å². The summed E-state index contributed by atoms with van der Waals surface area (Å²) in [6, 6.07) is 2.99. The van der Waals surface area contributed by atoms with Gasteiger partial charge in [0.1, 0.15) is 0 Å². The summed E-state index contributed by atoms with van der Waals surface area (Å²) < 4.78 is 5.49. The van der Waals surface area contributed by atoms with E-state index >= 15 is 0 Å². The van der Waals surface area contributed by atoms with Crippen molar-refractivity contribution in [3.63, 3.8) is 0 Å². The molecule has 4 nitrogen and oxygen atoms in total. The van der Waals surface area contributed by atoms with Crippen molar-refractivity contribution in [3.05, 3.63) is 28.4 Å². The minimum absolute atomic E-state index is 0.211. The molecule has 0 bridgehead atoms. The van der Waals surface area contributed by atoms with Gasteiger partial charge < -0.3 is 9.63 Å². The van der Waals surface area contributed by atoms with Gasteiger partial charge in [-0.15, -0.1) is 0 Å². The Morgan fingerprint density at radius 1 is 1.54 bits per heavy atom. The van der Waals surface area contributed by atoms with E-state index in [1.165, 1.54) is 18.3 Å². The molecule has 1 N–H and O–H groups in total. The molecule has 0 spiro atoms. The lowest BCUT2D eigenvalue weighted by molar-refractivity contribution is 0.0697. The molecular formula is C8H4BrNO3. The van der Waals surface area contributed by atoms with Crippen LogP contribution in [0.4, 0.5) is 0 Å². The third kappa shape index (κ3) is 1.31. The minimum atomic E-state index is -0.969. The van der Waals surface area contributed by atoms with Crippen molar-refractivity contribution >= 4 is 32.9 Å². The summed E-state index contributed by atoms with van der Waals surface area (Å²) in [5, 5.41) is 13.0. The minimum Gasteiger partial charge on any atom is -0.478 e. The highest BCUT2D eigenvalue weighted by molar-refractivity contribution is 9.10. The van der Waals surface area contributed by atoms with Crippen LogP contribution in [0.2, 0.25) is 0 Å². The molecule has 1 aromatic heterocycles. The Morgan fingerprint density at radius 3 is 3.00 bits per heavy atom. The first-order valence-corrected chi connectivity index (χ1v) is 4.25. The van der Waals surface area contributed by atoms with E-state index in [9.17, 15) is 4.79 Å². The van der Waals surface area contributed by atoms with Gasteiger partial charge in [-0.1, -0.05) is 5.16 Å². The molecule has 1 aromatic carbocycles. The zero-order valence-electron chi connectivity index (χ0n) is 6.32. The molecule has 0 radical (unpaired) electrons. The van der Waals surface area contributed by atoms with Crippen molar-refractivity contribution in [2.24, 2.45) is 0 Å². The molecule has 13 heavy (non-hydrogen) atoms. The molecule has 0 fully saturated rings. The van der Waals surface area contributed by atoms with Crippen molar-refractivity contribution in [3.8, 4) is 0 Å². The van der Waals surface area contributed by atoms with Crippen LogP contribution in [0.25, 0.3) is 11.0 Å². The monoisotopic (exact) mass is 241 g/mol. The highest BCUT2D eigenvalue weighted by Gasteiger charge is 2.09. The Labute approximate surface area is 81.3 Å². The van der Waals surface area contributed by atoms with E-state index in [4.69, 9.17) is 9.63 Å². The second-order valence-electron chi connectivity index (χ2n) is 2.51. The van der Waals surface area contributed by atoms with Gasteiger partial charge in [-0.25, -0.2) is 4.79 Å². The van der Waals surface area contributed by atoms with Gasteiger partial charge >= 0.3 is 5.97 Å². The van der Waals surface area contributed by atoms with Crippen LogP contribution in [-0.4, -0.2) is 16.2 Å². The van der Waals surface area contributed by atoms with Gasteiger partial charge in [0.2, 0.25) is 0 Å². The lowest BCUT2D eigenvalue weighted by Gasteiger charge is -1.95. The van der Waals surface area contributed by atoms with Crippen molar-refractivity contribution in [2.75, 3.05) is 0 Å². The SMILES string of the molecule is O=C(O)c1cc(Br)c2oncc2c1. The molecule has 1 heterocycles. The van der Waals surface area contributed by atoms with Crippen molar-refractivity contribution in [2.45, 2.75) is 0 Å². The summed E-state index contributed by atoms with van der Waals surface area (Å²) in [5.41, 5.74) is 0.771. The summed E-state index contributed by atoms with van der Waals surface area (Å²) in [6.45, 7) is 0. The highest BCUT2D eigenvalue weighted by Crippen LogP contribution is 2.25. The van der Waals surface area contributed by atoms with Crippen LogP contribution in [0.15, 0.2) is 27.3 Å². The molecule has 2 aromatic rings. The molecule has 0 saturated carbocycles. The van der Waals surface area contributed by atoms with Crippen LogP contribution in [-0.2, 0) is 0 Å². The summed E-state index contributed by atoms with van der Waals surface area (Å²) in [4.78, 5) is 10.6. The average Bonchev–Trinajstić information content (AvgIpc) is 2.51. The Hall–Kier alpha value is -1.36. The fourth-order valence-corrected chi connectivity index (χ4v) is 1.61. The number of carboxylic acids is 1. The number of hydrogen-bond acceptors (Lipinski definition) is 3. The van der Waals surface area contributed by atoms with Gasteiger partial charge in [0.15, 0.2) is 5.58 Å². The number of aromatic carboxylic acids is 1. The maximum atomic E-state index is 10.6. The summed E-state index contributed by atoms with van der Waals surface area (Å²) in [6.07, 6.45) is 1.48. The van der Waals surface area contributed by atoms with Gasteiger partial charge in [0.05, 0.1) is 16.2 Å². The molecule has 0 saturated heterocycles. The normalized spacial score (nSPS) is 10.5. The molecular weight excluding hydrogens is 238 g/mol. The van der Waals surface area contributed by atoms with E-state index in [1.807, 2.05) is 0 Å². The number of carboxylic acid groups (broad SMARTS) is 1. The highest BCUT2D eigenvalue weighted by atomic mass is 79.9. The van der Waals surface area contributed by atoms with Crippen molar-refractivity contribution < 1.29 is 14.4 Å². The van der Waals surface area contributed by atoms with Gasteiger partial charge in [-0.2, -0.15) is 0 Å². The largest absolute Gasteiger partial charge is 0.478 e. The van der Waals surface area contributed by atoms with E-state index < -0.39 is 5.97 Å². The molecule has 2 rings (SSSR count). The van der Waals surface area contributed by atoms with E-state index in [0.29, 0.717) is 15.4 Å². The number of aromatic nitrogens is 1. The lowest BCUT2D eigenvalue weighted by Crippen LogP contribution is -1.95. The molecule has 0 aliphatic rings. The first-order chi connectivity index (χ1) is 6.18. The number of fused-ring (bicyclic) bond motifs is 1. The topological polar surface area (TPSA) is 63.3 Å². The Morgan fingerprint density at radius 2 is 2.31 bits per heavy atom. The Bertz CT molecular complexity index is 477. The van der Waals surface area contributed by atoms with Gasteiger partial charge in [-0.05, 0) is 28.1 Å². The standard InChI is InChI=1S/C8H4BrNO3/c9-6-2-4(8(11)12)1-5-3-10-13-7(5)6/h1-3H,(H,11,12). The number of halogens is 1.